The first-order valence-electron chi connectivity index (χ1n) is 9.25. The third-order valence-corrected chi connectivity index (χ3v) is 4.65. The number of carbonyl (C=O) groups is 1. The van der Waals surface area contributed by atoms with E-state index in [1.54, 1.807) is 29.4 Å². The minimum atomic E-state index is -0.0745. The molecule has 4 heterocycles. The molecule has 0 aromatic carbocycles. The number of anilines is 2. The van der Waals surface area contributed by atoms with Crippen molar-refractivity contribution in [2.75, 3.05) is 36.4 Å². The van der Waals surface area contributed by atoms with Crippen LogP contribution in [0.15, 0.2) is 53.4 Å². The summed E-state index contributed by atoms with van der Waals surface area (Å²) in [6.45, 7) is 5.20. The highest BCUT2D eigenvalue weighted by Crippen LogP contribution is 2.17. The molecule has 1 amide bonds. The molecule has 3 aromatic rings. The number of piperazine rings is 1. The smallest absolute Gasteiger partial charge is 0.289 e. The minimum absolute atomic E-state index is 0.0745. The quantitative estimate of drug-likeness (QED) is 0.729. The predicted molar refractivity (Wildman–Crippen MR) is 105 cm³/mol. The van der Waals surface area contributed by atoms with Crippen molar-refractivity contribution in [3.05, 3.63) is 66.0 Å². The summed E-state index contributed by atoms with van der Waals surface area (Å²) in [7, 11) is 0. The van der Waals surface area contributed by atoms with Crippen LogP contribution in [0.3, 0.4) is 0 Å². The van der Waals surface area contributed by atoms with Gasteiger partial charge in [0.15, 0.2) is 5.76 Å². The van der Waals surface area contributed by atoms with Crippen molar-refractivity contribution in [1.82, 2.24) is 19.9 Å². The van der Waals surface area contributed by atoms with E-state index in [1.807, 2.05) is 25.1 Å². The summed E-state index contributed by atoms with van der Waals surface area (Å²) in [5.74, 6) is 1.77. The van der Waals surface area contributed by atoms with Crippen molar-refractivity contribution < 1.29 is 9.21 Å². The van der Waals surface area contributed by atoms with Crippen LogP contribution in [0.1, 0.15) is 21.8 Å². The lowest BCUT2D eigenvalue weighted by Gasteiger charge is -2.34. The third-order valence-electron chi connectivity index (χ3n) is 4.65. The summed E-state index contributed by atoms with van der Waals surface area (Å²) >= 11 is 0. The molecule has 0 saturated carbocycles. The van der Waals surface area contributed by atoms with Crippen LogP contribution >= 0.6 is 0 Å². The second-order valence-electron chi connectivity index (χ2n) is 6.66. The van der Waals surface area contributed by atoms with E-state index in [2.05, 4.69) is 25.2 Å². The molecule has 0 unspecified atom stereocenters. The lowest BCUT2D eigenvalue weighted by atomic mass is 10.2. The Hall–Kier alpha value is -3.42. The Morgan fingerprint density at radius 1 is 1.14 bits per heavy atom. The topological polar surface area (TPSA) is 87.4 Å². The molecule has 0 bridgehead atoms. The fourth-order valence-electron chi connectivity index (χ4n) is 3.14. The molecule has 8 heteroatoms. The number of carbonyl (C=O) groups excluding carboxylic acids is 1. The van der Waals surface area contributed by atoms with E-state index in [1.165, 1.54) is 6.26 Å². The number of nitrogens with zero attached hydrogens (tertiary/aromatic N) is 5. The van der Waals surface area contributed by atoms with Crippen molar-refractivity contribution in [2.45, 2.75) is 13.5 Å². The number of aryl methyl sites for hydroxylation is 1. The summed E-state index contributed by atoms with van der Waals surface area (Å²) in [6.07, 6.45) is 5.07. The molecule has 8 nitrogen and oxygen atoms in total. The highest BCUT2D eigenvalue weighted by atomic mass is 16.3. The van der Waals surface area contributed by atoms with E-state index in [-0.39, 0.29) is 5.91 Å². The summed E-state index contributed by atoms with van der Waals surface area (Å²) < 4.78 is 5.21. The first-order valence-corrected chi connectivity index (χ1v) is 9.25. The molecule has 1 N–H and O–H groups in total. The van der Waals surface area contributed by atoms with Crippen molar-refractivity contribution in [1.29, 1.82) is 0 Å². The molecule has 144 valence electrons. The molecule has 1 aliphatic rings. The first kappa shape index (κ1) is 18.0. The highest BCUT2D eigenvalue weighted by Gasteiger charge is 2.25. The normalized spacial score (nSPS) is 14.2. The van der Waals surface area contributed by atoms with Crippen LogP contribution in [0.5, 0.6) is 0 Å². The van der Waals surface area contributed by atoms with Crippen LogP contribution in [0, 0.1) is 6.92 Å². The average molecular weight is 378 g/mol. The van der Waals surface area contributed by atoms with Gasteiger partial charge in [0.1, 0.15) is 5.82 Å². The van der Waals surface area contributed by atoms with Crippen molar-refractivity contribution in [3.8, 4) is 0 Å². The molecule has 0 spiro atoms. The van der Waals surface area contributed by atoms with Gasteiger partial charge < -0.3 is 19.5 Å². The lowest BCUT2D eigenvalue weighted by Crippen LogP contribution is -2.49. The number of aromatic nitrogens is 3. The maximum atomic E-state index is 12.4. The Kier molecular flexibility index (Phi) is 5.18. The molecular weight excluding hydrogens is 356 g/mol. The second-order valence-corrected chi connectivity index (χ2v) is 6.66. The van der Waals surface area contributed by atoms with E-state index in [0.717, 1.165) is 17.1 Å². The molecule has 28 heavy (non-hydrogen) atoms. The Balaban J connectivity index is 1.39. The Bertz CT molecular complexity index is 921. The zero-order chi connectivity index (χ0) is 19.3. The van der Waals surface area contributed by atoms with Gasteiger partial charge in [-0.05, 0) is 36.8 Å². The van der Waals surface area contributed by atoms with Gasteiger partial charge in [0, 0.05) is 56.9 Å². The molecule has 0 atom stereocenters. The van der Waals surface area contributed by atoms with Gasteiger partial charge in [-0.25, -0.2) is 4.98 Å². The number of nitrogens with one attached hydrogen (secondary N) is 1. The van der Waals surface area contributed by atoms with Gasteiger partial charge in [0.05, 0.1) is 6.26 Å². The first-order chi connectivity index (χ1) is 13.7. The number of amides is 1. The van der Waals surface area contributed by atoms with Crippen molar-refractivity contribution >= 4 is 17.7 Å². The molecule has 3 aromatic heterocycles. The van der Waals surface area contributed by atoms with Gasteiger partial charge in [0.25, 0.3) is 5.91 Å². The van der Waals surface area contributed by atoms with Gasteiger partial charge in [-0.3, -0.25) is 9.78 Å². The van der Waals surface area contributed by atoms with E-state index in [4.69, 9.17) is 4.42 Å². The summed E-state index contributed by atoms with van der Waals surface area (Å²) in [6, 6.07) is 9.29. The van der Waals surface area contributed by atoms with Crippen LogP contribution < -0.4 is 10.2 Å². The van der Waals surface area contributed by atoms with E-state index in [9.17, 15) is 4.79 Å². The summed E-state index contributed by atoms with van der Waals surface area (Å²) in [5, 5.41) is 3.34. The standard InChI is InChI=1S/C20H22N6O2/c1-15-13-18(22-14-16-4-6-21-7-5-16)24-20(23-15)26-10-8-25(9-11-26)19(27)17-3-2-12-28-17/h2-7,12-13H,8-11,14H2,1H3,(H,22,23,24). The monoisotopic (exact) mass is 378 g/mol. The Morgan fingerprint density at radius 2 is 1.93 bits per heavy atom. The zero-order valence-electron chi connectivity index (χ0n) is 15.7. The second kappa shape index (κ2) is 8.08. The highest BCUT2D eigenvalue weighted by molar-refractivity contribution is 5.91. The van der Waals surface area contributed by atoms with E-state index < -0.39 is 0 Å². The predicted octanol–water partition coefficient (Wildman–Crippen LogP) is 2.35. The number of hydrogen-bond donors (Lipinski definition) is 1. The Labute approximate surface area is 163 Å². The molecule has 0 aliphatic carbocycles. The van der Waals surface area contributed by atoms with Crippen LogP contribution in [0.2, 0.25) is 0 Å². The van der Waals surface area contributed by atoms with Gasteiger partial charge in [-0.2, -0.15) is 4.98 Å². The van der Waals surface area contributed by atoms with Crippen LogP contribution in [-0.2, 0) is 6.54 Å². The maximum Gasteiger partial charge on any atom is 0.289 e. The number of hydrogen-bond acceptors (Lipinski definition) is 7. The molecule has 1 fully saturated rings. The SMILES string of the molecule is Cc1cc(NCc2ccncc2)nc(N2CCN(C(=O)c3ccco3)CC2)n1. The van der Waals surface area contributed by atoms with Crippen molar-refractivity contribution in [3.63, 3.8) is 0 Å². The largest absolute Gasteiger partial charge is 0.459 e. The molecule has 0 radical (unpaired) electrons. The summed E-state index contributed by atoms with van der Waals surface area (Å²) in [5.41, 5.74) is 2.04. The molecule has 4 rings (SSSR count). The van der Waals surface area contributed by atoms with Crippen LogP contribution in [0.25, 0.3) is 0 Å². The number of furan rings is 1. The van der Waals surface area contributed by atoms with E-state index in [0.29, 0.717) is 44.4 Å². The fraction of sp³-hybridized carbons (Fsp3) is 0.300. The number of rotatable bonds is 5. The van der Waals surface area contributed by atoms with Crippen LogP contribution in [-0.4, -0.2) is 51.9 Å². The van der Waals surface area contributed by atoms with Gasteiger partial charge in [-0.1, -0.05) is 0 Å². The number of pyridine rings is 1. The minimum Gasteiger partial charge on any atom is -0.459 e. The average Bonchev–Trinajstić information content (AvgIpc) is 3.27. The lowest BCUT2D eigenvalue weighted by molar-refractivity contribution is 0.0714. The van der Waals surface area contributed by atoms with Gasteiger partial charge in [-0.15, -0.1) is 0 Å². The maximum absolute atomic E-state index is 12.4. The van der Waals surface area contributed by atoms with Gasteiger partial charge in [0.2, 0.25) is 5.95 Å². The fourth-order valence-corrected chi connectivity index (χ4v) is 3.14. The summed E-state index contributed by atoms with van der Waals surface area (Å²) in [4.78, 5) is 29.6. The molecule has 1 aliphatic heterocycles. The van der Waals surface area contributed by atoms with Crippen molar-refractivity contribution in [2.24, 2.45) is 0 Å². The van der Waals surface area contributed by atoms with E-state index >= 15 is 0 Å². The van der Waals surface area contributed by atoms with Crippen LogP contribution in [0.4, 0.5) is 11.8 Å². The molecule has 1 saturated heterocycles. The molecular formula is C20H22N6O2. The Morgan fingerprint density at radius 3 is 2.64 bits per heavy atom. The third kappa shape index (κ3) is 4.11. The zero-order valence-corrected chi connectivity index (χ0v) is 15.7. The van der Waals surface area contributed by atoms with Gasteiger partial charge >= 0.3 is 0 Å².